The summed E-state index contributed by atoms with van der Waals surface area (Å²) in [6.45, 7) is 3.89. The molecule has 1 atom stereocenters. The number of amides is 3. The van der Waals surface area contributed by atoms with Crippen molar-refractivity contribution < 1.29 is 14.4 Å². The summed E-state index contributed by atoms with van der Waals surface area (Å²) >= 11 is 0. The van der Waals surface area contributed by atoms with Gasteiger partial charge in [-0.05, 0) is 62.3 Å². The SMILES string of the molecule is CCCC(=O)Nc1ccc(C(=O)N2CCCC(C(=O)NCC3CCCCC3)C2)cc1. The van der Waals surface area contributed by atoms with Gasteiger partial charge < -0.3 is 15.5 Å². The van der Waals surface area contributed by atoms with Gasteiger partial charge in [-0.3, -0.25) is 14.4 Å². The Balaban J connectivity index is 1.50. The van der Waals surface area contributed by atoms with E-state index in [1.807, 2.05) is 6.92 Å². The molecule has 0 spiro atoms. The van der Waals surface area contributed by atoms with Crippen LogP contribution in [-0.2, 0) is 9.59 Å². The van der Waals surface area contributed by atoms with Gasteiger partial charge in [-0.15, -0.1) is 0 Å². The molecular weight excluding hydrogens is 378 g/mol. The van der Waals surface area contributed by atoms with E-state index < -0.39 is 0 Å². The summed E-state index contributed by atoms with van der Waals surface area (Å²) in [5.41, 5.74) is 1.29. The van der Waals surface area contributed by atoms with Crippen LogP contribution in [0, 0.1) is 11.8 Å². The minimum Gasteiger partial charge on any atom is -0.356 e. The summed E-state index contributed by atoms with van der Waals surface area (Å²) in [5, 5.41) is 5.97. The van der Waals surface area contributed by atoms with Gasteiger partial charge in [0.1, 0.15) is 0 Å². The monoisotopic (exact) mass is 413 g/mol. The molecule has 1 unspecified atom stereocenters. The van der Waals surface area contributed by atoms with Crippen molar-refractivity contribution in [2.24, 2.45) is 11.8 Å². The van der Waals surface area contributed by atoms with Crippen LogP contribution in [-0.4, -0.2) is 42.3 Å². The number of benzene rings is 1. The molecule has 3 rings (SSSR count). The summed E-state index contributed by atoms with van der Waals surface area (Å²) in [7, 11) is 0. The normalized spacial score (nSPS) is 19.9. The third kappa shape index (κ3) is 6.31. The summed E-state index contributed by atoms with van der Waals surface area (Å²) in [5.74, 6) is 0.507. The zero-order valence-corrected chi connectivity index (χ0v) is 18.1. The Bertz CT molecular complexity index is 726. The number of piperidine rings is 1. The molecule has 1 aliphatic heterocycles. The first-order valence-electron chi connectivity index (χ1n) is 11.5. The molecule has 164 valence electrons. The zero-order valence-electron chi connectivity index (χ0n) is 18.1. The molecule has 1 aromatic carbocycles. The maximum absolute atomic E-state index is 12.9. The molecule has 2 N–H and O–H groups in total. The number of rotatable bonds is 7. The van der Waals surface area contributed by atoms with E-state index in [0.29, 0.717) is 36.7 Å². The highest BCUT2D eigenvalue weighted by atomic mass is 16.2. The van der Waals surface area contributed by atoms with Gasteiger partial charge in [0.05, 0.1) is 5.92 Å². The number of likely N-dealkylation sites (tertiary alicyclic amines) is 1. The van der Waals surface area contributed by atoms with Gasteiger partial charge in [-0.1, -0.05) is 26.2 Å². The van der Waals surface area contributed by atoms with Crippen molar-refractivity contribution in [2.45, 2.75) is 64.7 Å². The average molecular weight is 414 g/mol. The van der Waals surface area contributed by atoms with Gasteiger partial charge in [-0.2, -0.15) is 0 Å². The van der Waals surface area contributed by atoms with Crippen LogP contribution in [0.3, 0.4) is 0 Å². The van der Waals surface area contributed by atoms with Crippen LogP contribution in [0.4, 0.5) is 5.69 Å². The van der Waals surface area contributed by atoms with Crippen molar-refractivity contribution in [1.82, 2.24) is 10.2 Å². The topological polar surface area (TPSA) is 78.5 Å². The van der Waals surface area contributed by atoms with E-state index in [0.717, 1.165) is 25.8 Å². The fourth-order valence-electron chi connectivity index (χ4n) is 4.49. The van der Waals surface area contributed by atoms with Crippen LogP contribution >= 0.6 is 0 Å². The highest BCUT2D eigenvalue weighted by Crippen LogP contribution is 2.24. The molecule has 2 fully saturated rings. The molecule has 1 aromatic rings. The van der Waals surface area contributed by atoms with Crippen LogP contribution in [0.25, 0.3) is 0 Å². The van der Waals surface area contributed by atoms with Crippen molar-refractivity contribution in [3.05, 3.63) is 29.8 Å². The average Bonchev–Trinajstić information content (AvgIpc) is 2.78. The maximum atomic E-state index is 12.9. The van der Waals surface area contributed by atoms with E-state index in [1.54, 1.807) is 29.2 Å². The largest absolute Gasteiger partial charge is 0.356 e. The van der Waals surface area contributed by atoms with Gasteiger partial charge >= 0.3 is 0 Å². The molecule has 6 heteroatoms. The highest BCUT2D eigenvalue weighted by Gasteiger charge is 2.29. The zero-order chi connectivity index (χ0) is 21.3. The van der Waals surface area contributed by atoms with E-state index in [1.165, 1.54) is 32.1 Å². The highest BCUT2D eigenvalue weighted by molar-refractivity contribution is 5.96. The van der Waals surface area contributed by atoms with Gasteiger partial charge in [0, 0.05) is 37.3 Å². The van der Waals surface area contributed by atoms with Crippen molar-refractivity contribution in [3.63, 3.8) is 0 Å². The third-order valence-electron chi connectivity index (χ3n) is 6.26. The van der Waals surface area contributed by atoms with Crippen LogP contribution in [0.5, 0.6) is 0 Å². The van der Waals surface area contributed by atoms with Gasteiger partial charge in [-0.25, -0.2) is 0 Å². The molecule has 1 aliphatic carbocycles. The first-order valence-corrected chi connectivity index (χ1v) is 11.5. The number of anilines is 1. The molecule has 3 amide bonds. The molecule has 6 nitrogen and oxygen atoms in total. The second kappa shape index (κ2) is 11.1. The molecule has 1 heterocycles. The van der Waals surface area contributed by atoms with E-state index in [2.05, 4.69) is 10.6 Å². The second-order valence-corrected chi connectivity index (χ2v) is 8.72. The Morgan fingerprint density at radius 2 is 1.73 bits per heavy atom. The Kier molecular flexibility index (Phi) is 8.29. The number of hydrogen-bond acceptors (Lipinski definition) is 3. The second-order valence-electron chi connectivity index (χ2n) is 8.72. The van der Waals surface area contributed by atoms with Crippen molar-refractivity contribution in [2.75, 3.05) is 25.0 Å². The Morgan fingerprint density at radius 1 is 1.00 bits per heavy atom. The Hall–Kier alpha value is -2.37. The van der Waals surface area contributed by atoms with Gasteiger partial charge in [0.15, 0.2) is 0 Å². The number of hydrogen-bond donors (Lipinski definition) is 2. The summed E-state index contributed by atoms with van der Waals surface area (Å²) in [4.78, 5) is 39.1. The molecule has 0 aromatic heterocycles. The number of carbonyl (C=O) groups excluding carboxylic acids is 3. The lowest BCUT2D eigenvalue weighted by atomic mass is 9.89. The molecule has 1 saturated carbocycles. The summed E-state index contributed by atoms with van der Waals surface area (Å²) in [6.07, 6.45) is 9.25. The Morgan fingerprint density at radius 3 is 2.43 bits per heavy atom. The molecule has 0 bridgehead atoms. The summed E-state index contributed by atoms with van der Waals surface area (Å²) < 4.78 is 0. The first kappa shape index (κ1) is 22.3. The minimum atomic E-state index is -0.126. The minimum absolute atomic E-state index is 0.0188. The van der Waals surface area contributed by atoms with Crippen molar-refractivity contribution in [1.29, 1.82) is 0 Å². The predicted octanol–water partition coefficient (Wildman–Crippen LogP) is 3.97. The lowest BCUT2D eigenvalue weighted by Gasteiger charge is -2.32. The molecule has 2 aliphatic rings. The van der Waals surface area contributed by atoms with E-state index in [-0.39, 0.29) is 23.6 Å². The molecule has 1 saturated heterocycles. The van der Waals surface area contributed by atoms with E-state index in [4.69, 9.17) is 0 Å². The van der Waals surface area contributed by atoms with Gasteiger partial charge in [0.25, 0.3) is 5.91 Å². The maximum Gasteiger partial charge on any atom is 0.253 e. The first-order chi connectivity index (χ1) is 14.6. The van der Waals surface area contributed by atoms with Gasteiger partial charge in [0.2, 0.25) is 11.8 Å². The number of carbonyl (C=O) groups is 3. The lowest BCUT2D eigenvalue weighted by Crippen LogP contribution is -2.46. The van der Waals surface area contributed by atoms with Crippen molar-refractivity contribution in [3.8, 4) is 0 Å². The molecule has 30 heavy (non-hydrogen) atoms. The fourth-order valence-corrected chi connectivity index (χ4v) is 4.49. The van der Waals surface area contributed by atoms with Crippen molar-refractivity contribution >= 4 is 23.4 Å². The quantitative estimate of drug-likeness (QED) is 0.710. The smallest absolute Gasteiger partial charge is 0.253 e. The standard InChI is InChI=1S/C24H35N3O3/c1-2-7-22(28)26-21-13-11-19(12-14-21)24(30)27-15-6-10-20(17-27)23(29)25-16-18-8-4-3-5-9-18/h11-14,18,20H,2-10,15-17H2,1H3,(H,25,29)(H,26,28). The van der Waals surface area contributed by atoms with E-state index in [9.17, 15) is 14.4 Å². The van der Waals surface area contributed by atoms with E-state index >= 15 is 0 Å². The molecular formula is C24H35N3O3. The third-order valence-corrected chi connectivity index (χ3v) is 6.26. The predicted molar refractivity (Wildman–Crippen MR) is 118 cm³/mol. The number of nitrogens with one attached hydrogen (secondary N) is 2. The number of nitrogens with zero attached hydrogens (tertiary/aromatic N) is 1. The van der Waals surface area contributed by atoms with Crippen LogP contribution in [0.1, 0.15) is 75.1 Å². The Labute approximate surface area is 179 Å². The summed E-state index contributed by atoms with van der Waals surface area (Å²) in [6, 6.07) is 7.02. The molecule has 0 radical (unpaired) electrons. The fraction of sp³-hybridized carbons (Fsp3) is 0.625. The van der Waals surface area contributed by atoms with Crippen LogP contribution < -0.4 is 10.6 Å². The van der Waals surface area contributed by atoms with Crippen LogP contribution in [0.15, 0.2) is 24.3 Å². The van der Waals surface area contributed by atoms with Crippen LogP contribution in [0.2, 0.25) is 0 Å². The lowest BCUT2D eigenvalue weighted by molar-refractivity contribution is -0.126.